The van der Waals surface area contributed by atoms with Gasteiger partial charge in [-0.3, -0.25) is 4.79 Å². The lowest BCUT2D eigenvalue weighted by atomic mass is 10.2. The van der Waals surface area contributed by atoms with E-state index in [4.69, 9.17) is 9.47 Å². The minimum absolute atomic E-state index is 0.0311. The van der Waals surface area contributed by atoms with Gasteiger partial charge in [-0.2, -0.15) is 0 Å². The second kappa shape index (κ2) is 9.99. The Morgan fingerprint density at radius 3 is 2.91 bits per heavy atom. The van der Waals surface area contributed by atoms with E-state index in [1.54, 1.807) is 23.1 Å². The van der Waals surface area contributed by atoms with Crippen molar-refractivity contribution in [3.63, 3.8) is 0 Å². The number of nitrogens with zero attached hydrogens (tertiary/aromatic N) is 2. The van der Waals surface area contributed by atoms with Crippen molar-refractivity contribution in [1.29, 1.82) is 0 Å². The lowest BCUT2D eigenvalue weighted by Crippen LogP contribution is -2.25. The summed E-state index contributed by atoms with van der Waals surface area (Å²) in [6, 6.07) is 13.7. The summed E-state index contributed by atoms with van der Waals surface area (Å²) >= 11 is 3.36. The monoisotopic (exact) mass is 468 g/mol. The van der Waals surface area contributed by atoms with Crippen LogP contribution in [-0.4, -0.2) is 46.1 Å². The number of thioether (sulfide) groups is 1. The summed E-state index contributed by atoms with van der Waals surface area (Å²) in [5, 5.41) is 2.99. The Hall–Kier alpha value is -2.46. The van der Waals surface area contributed by atoms with Crippen LogP contribution in [0.4, 0.5) is 5.69 Å². The number of carbonyl (C=O) groups excluding carboxylic acids is 1. The molecule has 4 aromatic rings. The minimum Gasteiger partial charge on any atom is -0.353 e. The van der Waals surface area contributed by atoms with Crippen molar-refractivity contribution in [3.05, 3.63) is 48.3 Å². The Balaban J connectivity index is 1.14. The van der Waals surface area contributed by atoms with Gasteiger partial charge in [0, 0.05) is 30.7 Å². The summed E-state index contributed by atoms with van der Waals surface area (Å²) in [6.45, 7) is 1.56. The van der Waals surface area contributed by atoms with E-state index >= 15 is 0 Å². The molecule has 1 aliphatic rings. The maximum Gasteiger partial charge on any atom is 0.224 e. The van der Waals surface area contributed by atoms with E-state index in [0.29, 0.717) is 12.8 Å². The molecule has 0 radical (unpaired) electrons. The Labute approximate surface area is 193 Å². The molecule has 7 nitrogen and oxygen atoms in total. The van der Waals surface area contributed by atoms with Crippen LogP contribution in [0, 0.1) is 0 Å². The van der Waals surface area contributed by atoms with E-state index in [2.05, 4.69) is 20.3 Å². The zero-order valence-electron chi connectivity index (χ0n) is 17.5. The third-order valence-electron chi connectivity index (χ3n) is 5.16. The molecule has 1 aliphatic heterocycles. The van der Waals surface area contributed by atoms with E-state index in [-0.39, 0.29) is 12.2 Å². The highest BCUT2D eigenvalue weighted by molar-refractivity contribution is 8.01. The number of thiazole rings is 1. The molecular formula is C23H24N4O3S2. The zero-order chi connectivity index (χ0) is 21.8. The number of nitrogens with one attached hydrogen (secondary N) is 2. The molecule has 0 saturated carbocycles. The molecule has 1 fully saturated rings. The average molecular weight is 469 g/mol. The number of aryl methyl sites for hydroxylation is 1. The quantitative estimate of drug-likeness (QED) is 0.354. The molecule has 32 heavy (non-hydrogen) atoms. The number of amides is 1. The predicted molar refractivity (Wildman–Crippen MR) is 128 cm³/mol. The number of carbonyl (C=O) groups is 1. The van der Waals surface area contributed by atoms with E-state index in [1.165, 1.54) is 0 Å². The largest absolute Gasteiger partial charge is 0.353 e. The fourth-order valence-corrected chi connectivity index (χ4v) is 5.71. The van der Waals surface area contributed by atoms with Crippen LogP contribution >= 0.6 is 23.1 Å². The highest BCUT2D eigenvalue weighted by Crippen LogP contribution is 2.32. The van der Waals surface area contributed by atoms with Gasteiger partial charge < -0.3 is 19.8 Å². The molecule has 0 spiro atoms. The Morgan fingerprint density at radius 2 is 2.03 bits per heavy atom. The number of fused-ring (bicyclic) bond motifs is 2. The molecule has 9 heteroatoms. The van der Waals surface area contributed by atoms with Gasteiger partial charge in [0.2, 0.25) is 5.91 Å². The molecule has 0 aliphatic carbocycles. The van der Waals surface area contributed by atoms with Gasteiger partial charge in [0.25, 0.3) is 0 Å². The summed E-state index contributed by atoms with van der Waals surface area (Å²) in [5.41, 5.74) is 3.65. The molecule has 166 valence electrons. The molecule has 1 amide bonds. The molecule has 3 heterocycles. The van der Waals surface area contributed by atoms with Crippen molar-refractivity contribution < 1.29 is 14.3 Å². The number of aromatic nitrogens is 3. The molecule has 1 saturated heterocycles. The van der Waals surface area contributed by atoms with Gasteiger partial charge >= 0.3 is 0 Å². The second-order valence-electron chi connectivity index (χ2n) is 7.57. The van der Waals surface area contributed by atoms with Crippen LogP contribution in [0.3, 0.4) is 0 Å². The van der Waals surface area contributed by atoms with Crippen molar-refractivity contribution in [2.45, 2.75) is 36.3 Å². The van der Waals surface area contributed by atoms with Crippen LogP contribution in [0.15, 0.2) is 46.8 Å². The van der Waals surface area contributed by atoms with Gasteiger partial charge in [0.05, 0.1) is 34.5 Å². The summed E-state index contributed by atoms with van der Waals surface area (Å²) in [5.74, 6) is 1.69. The second-order valence-corrected chi connectivity index (χ2v) is 9.95. The van der Waals surface area contributed by atoms with Crippen molar-refractivity contribution >= 4 is 55.9 Å². The lowest BCUT2D eigenvalue weighted by molar-refractivity contribution is -0.178. The molecule has 5 rings (SSSR count). The topological polar surface area (TPSA) is 89.1 Å². The molecule has 0 unspecified atom stereocenters. The van der Waals surface area contributed by atoms with Gasteiger partial charge in [0.15, 0.2) is 10.6 Å². The molecule has 2 aromatic carbocycles. The first-order valence-electron chi connectivity index (χ1n) is 10.7. The summed E-state index contributed by atoms with van der Waals surface area (Å²) in [6.07, 6.45) is 2.67. The number of rotatable bonds is 8. The minimum atomic E-state index is -0.0907. The van der Waals surface area contributed by atoms with Crippen LogP contribution in [0.25, 0.3) is 21.3 Å². The predicted octanol–water partition coefficient (Wildman–Crippen LogP) is 4.99. The van der Waals surface area contributed by atoms with E-state index in [0.717, 1.165) is 68.9 Å². The number of aromatic amines is 1. The highest BCUT2D eigenvalue weighted by atomic mass is 32.2. The zero-order valence-corrected chi connectivity index (χ0v) is 19.1. The lowest BCUT2D eigenvalue weighted by Gasteiger charge is -2.22. The van der Waals surface area contributed by atoms with Crippen LogP contribution in [0.2, 0.25) is 0 Å². The van der Waals surface area contributed by atoms with Crippen LogP contribution in [0.1, 0.15) is 25.1 Å². The fraction of sp³-hybridized carbons (Fsp3) is 0.348. The van der Waals surface area contributed by atoms with E-state index < -0.39 is 0 Å². The molecular weight excluding hydrogens is 444 g/mol. The van der Waals surface area contributed by atoms with Gasteiger partial charge in [-0.25, -0.2) is 9.97 Å². The number of hydrogen-bond acceptors (Lipinski definition) is 7. The first kappa shape index (κ1) is 21.4. The molecule has 2 aromatic heterocycles. The maximum atomic E-state index is 12.4. The molecule has 0 atom stereocenters. The first-order valence-corrected chi connectivity index (χ1v) is 12.5. The normalized spacial score (nSPS) is 14.9. The van der Waals surface area contributed by atoms with Gasteiger partial charge in [-0.1, -0.05) is 23.9 Å². The Bertz CT molecular complexity index is 1180. The van der Waals surface area contributed by atoms with Crippen molar-refractivity contribution in [2.24, 2.45) is 0 Å². The standard InChI is InChI=1S/C23H24N4O3S2/c28-21(9-8-20-25-16-4-1-2-5-17(16)26-20)24-15-6-7-18-19(14-15)32-23(27-18)31-13-10-22-29-11-3-12-30-22/h1-2,4-7,14,22H,3,8-13H2,(H,24,28)(H,25,26). The molecule has 0 bridgehead atoms. The number of hydrogen-bond donors (Lipinski definition) is 2. The van der Waals surface area contributed by atoms with Crippen molar-refractivity contribution in [1.82, 2.24) is 15.0 Å². The third-order valence-corrected chi connectivity index (χ3v) is 7.35. The van der Waals surface area contributed by atoms with Gasteiger partial charge in [-0.15, -0.1) is 11.3 Å². The van der Waals surface area contributed by atoms with Crippen LogP contribution in [-0.2, 0) is 20.7 Å². The number of anilines is 1. The summed E-state index contributed by atoms with van der Waals surface area (Å²) in [4.78, 5) is 24.9. The summed E-state index contributed by atoms with van der Waals surface area (Å²) < 4.78 is 13.3. The van der Waals surface area contributed by atoms with Crippen molar-refractivity contribution in [2.75, 3.05) is 24.3 Å². The fourth-order valence-electron chi connectivity index (χ4n) is 3.57. The SMILES string of the molecule is O=C(CCc1nc2ccccc2[nH]1)Nc1ccc2nc(SCCC3OCCCO3)sc2c1. The Morgan fingerprint density at radius 1 is 1.16 bits per heavy atom. The maximum absolute atomic E-state index is 12.4. The Kier molecular flexibility index (Phi) is 6.68. The van der Waals surface area contributed by atoms with Crippen LogP contribution < -0.4 is 5.32 Å². The highest BCUT2D eigenvalue weighted by Gasteiger charge is 2.15. The van der Waals surface area contributed by atoms with Crippen LogP contribution in [0.5, 0.6) is 0 Å². The third kappa shape index (κ3) is 5.29. The van der Waals surface area contributed by atoms with E-state index in [1.807, 2.05) is 42.5 Å². The number of imidazole rings is 1. The van der Waals surface area contributed by atoms with Gasteiger partial charge in [0.1, 0.15) is 5.82 Å². The number of para-hydroxylation sites is 2. The summed E-state index contributed by atoms with van der Waals surface area (Å²) in [7, 11) is 0. The smallest absolute Gasteiger partial charge is 0.224 e. The van der Waals surface area contributed by atoms with Gasteiger partial charge in [-0.05, 0) is 36.8 Å². The number of benzene rings is 2. The number of ether oxygens (including phenoxy) is 2. The number of H-pyrrole nitrogens is 1. The average Bonchev–Trinajstić information content (AvgIpc) is 3.41. The first-order chi connectivity index (χ1) is 15.7. The van der Waals surface area contributed by atoms with Crippen molar-refractivity contribution in [3.8, 4) is 0 Å². The molecule has 2 N–H and O–H groups in total. The van der Waals surface area contributed by atoms with E-state index in [9.17, 15) is 4.79 Å².